The van der Waals surface area contributed by atoms with Gasteiger partial charge in [0.1, 0.15) is 0 Å². The quantitative estimate of drug-likeness (QED) is 0.880. The second-order valence-electron chi connectivity index (χ2n) is 4.97. The Labute approximate surface area is 109 Å². The molecule has 0 aromatic heterocycles. The maximum absolute atomic E-state index is 12.5. The van der Waals surface area contributed by atoms with E-state index in [9.17, 15) is 8.42 Å². The van der Waals surface area contributed by atoms with Crippen molar-refractivity contribution < 1.29 is 8.42 Å². The summed E-state index contributed by atoms with van der Waals surface area (Å²) in [5, 5.41) is 0. The SMILES string of the molecule is Cc1c(CN)cccc1S(=O)(=O)N(C)CC1CC1. The van der Waals surface area contributed by atoms with Gasteiger partial charge in [-0.15, -0.1) is 0 Å². The molecule has 1 aliphatic carbocycles. The minimum absolute atomic E-state index is 0.363. The summed E-state index contributed by atoms with van der Waals surface area (Å²) in [6, 6.07) is 5.29. The smallest absolute Gasteiger partial charge is 0.243 e. The molecule has 0 atom stereocenters. The standard InChI is InChI=1S/C13H20N2O2S/c1-10-12(8-14)4-3-5-13(10)18(16,17)15(2)9-11-6-7-11/h3-5,11H,6-9,14H2,1-2H3. The number of benzene rings is 1. The summed E-state index contributed by atoms with van der Waals surface area (Å²) in [5.74, 6) is 0.544. The molecule has 4 nitrogen and oxygen atoms in total. The van der Waals surface area contributed by atoms with E-state index in [2.05, 4.69) is 0 Å². The van der Waals surface area contributed by atoms with Crippen molar-refractivity contribution in [2.75, 3.05) is 13.6 Å². The lowest BCUT2D eigenvalue weighted by atomic mass is 10.1. The van der Waals surface area contributed by atoms with E-state index < -0.39 is 10.0 Å². The van der Waals surface area contributed by atoms with E-state index in [4.69, 9.17) is 5.73 Å². The first-order chi connectivity index (χ1) is 8.46. The first kappa shape index (κ1) is 13.5. The largest absolute Gasteiger partial charge is 0.326 e. The molecule has 2 N–H and O–H groups in total. The van der Waals surface area contributed by atoms with Gasteiger partial charge in [-0.05, 0) is 42.9 Å². The lowest BCUT2D eigenvalue weighted by molar-refractivity contribution is 0.452. The molecule has 0 radical (unpaired) electrons. The van der Waals surface area contributed by atoms with Gasteiger partial charge in [-0.25, -0.2) is 12.7 Å². The highest BCUT2D eigenvalue weighted by molar-refractivity contribution is 7.89. The maximum atomic E-state index is 12.5. The van der Waals surface area contributed by atoms with Gasteiger partial charge in [-0.1, -0.05) is 12.1 Å². The van der Waals surface area contributed by atoms with Crippen molar-refractivity contribution >= 4 is 10.0 Å². The lowest BCUT2D eigenvalue weighted by Crippen LogP contribution is -2.29. The zero-order valence-corrected chi connectivity index (χ0v) is 11.7. The molecule has 0 aliphatic heterocycles. The molecule has 0 spiro atoms. The van der Waals surface area contributed by atoms with Crippen LogP contribution in [-0.2, 0) is 16.6 Å². The summed E-state index contributed by atoms with van der Waals surface area (Å²) >= 11 is 0. The molecule has 1 aliphatic rings. The van der Waals surface area contributed by atoms with E-state index >= 15 is 0 Å². The van der Waals surface area contributed by atoms with Crippen LogP contribution < -0.4 is 5.73 Å². The molecule has 5 heteroatoms. The fraction of sp³-hybridized carbons (Fsp3) is 0.538. The van der Waals surface area contributed by atoms with Gasteiger partial charge in [0.25, 0.3) is 0 Å². The molecule has 0 amide bonds. The van der Waals surface area contributed by atoms with Gasteiger partial charge >= 0.3 is 0 Å². The normalized spacial score (nSPS) is 16.2. The van der Waals surface area contributed by atoms with Crippen molar-refractivity contribution in [1.29, 1.82) is 0 Å². The highest BCUT2D eigenvalue weighted by Crippen LogP contribution is 2.31. The monoisotopic (exact) mass is 268 g/mol. The van der Waals surface area contributed by atoms with E-state index in [1.54, 1.807) is 19.2 Å². The van der Waals surface area contributed by atoms with Crippen molar-refractivity contribution in [2.45, 2.75) is 31.2 Å². The third-order valence-electron chi connectivity index (χ3n) is 3.52. The lowest BCUT2D eigenvalue weighted by Gasteiger charge is -2.19. The Morgan fingerprint density at radius 1 is 1.39 bits per heavy atom. The Bertz CT molecular complexity index is 536. The predicted octanol–water partition coefficient (Wildman–Crippen LogP) is 1.48. The molecule has 0 heterocycles. The second kappa shape index (κ2) is 4.99. The number of rotatable bonds is 5. The van der Waals surface area contributed by atoms with Crippen molar-refractivity contribution in [3.63, 3.8) is 0 Å². The van der Waals surface area contributed by atoms with Gasteiger partial charge in [-0.2, -0.15) is 0 Å². The fourth-order valence-corrected chi connectivity index (χ4v) is 3.60. The molecule has 0 saturated heterocycles. The van der Waals surface area contributed by atoms with E-state index in [0.29, 0.717) is 23.9 Å². The average Bonchev–Trinajstić information content (AvgIpc) is 3.13. The van der Waals surface area contributed by atoms with Gasteiger partial charge in [0, 0.05) is 20.1 Å². The summed E-state index contributed by atoms with van der Waals surface area (Å²) < 4.78 is 26.4. The average molecular weight is 268 g/mol. The Morgan fingerprint density at radius 3 is 2.61 bits per heavy atom. The first-order valence-electron chi connectivity index (χ1n) is 6.21. The summed E-state index contributed by atoms with van der Waals surface area (Å²) in [4.78, 5) is 0.383. The van der Waals surface area contributed by atoms with Crippen LogP contribution in [0.5, 0.6) is 0 Å². The molecule has 2 rings (SSSR count). The summed E-state index contributed by atoms with van der Waals surface area (Å²) in [7, 11) is -1.72. The van der Waals surface area contributed by atoms with Crippen molar-refractivity contribution in [3.8, 4) is 0 Å². The van der Waals surface area contributed by atoms with Gasteiger partial charge in [0.05, 0.1) is 4.90 Å². The number of nitrogens with zero attached hydrogens (tertiary/aromatic N) is 1. The summed E-state index contributed by atoms with van der Waals surface area (Å²) in [6.07, 6.45) is 2.28. The van der Waals surface area contributed by atoms with Crippen LogP contribution in [0.25, 0.3) is 0 Å². The number of hydrogen-bond donors (Lipinski definition) is 1. The van der Waals surface area contributed by atoms with Crippen LogP contribution in [0.1, 0.15) is 24.0 Å². The molecule has 1 saturated carbocycles. The molecule has 100 valence electrons. The third kappa shape index (κ3) is 2.58. The molecule has 18 heavy (non-hydrogen) atoms. The van der Waals surface area contributed by atoms with Crippen LogP contribution >= 0.6 is 0 Å². The molecule has 1 aromatic carbocycles. The van der Waals surface area contributed by atoms with Crippen LogP contribution in [0.15, 0.2) is 23.1 Å². The van der Waals surface area contributed by atoms with Crippen LogP contribution in [-0.4, -0.2) is 26.3 Å². The van der Waals surface area contributed by atoms with Crippen LogP contribution in [0.2, 0.25) is 0 Å². The highest BCUT2D eigenvalue weighted by atomic mass is 32.2. The number of hydrogen-bond acceptors (Lipinski definition) is 3. The molecular formula is C13H20N2O2S. The van der Waals surface area contributed by atoms with E-state index in [1.807, 2.05) is 13.0 Å². The second-order valence-corrected chi connectivity index (χ2v) is 6.99. The first-order valence-corrected chi connectivity index (χ1v) is 7.65. The predicted molar refractivity (Wildman–Crippen MR) is 71.6 cm³/mol. The molecular weight excluding hydrogens is 248 g/mol. The maximum Gasteiger partial charge on any atom is 0.243 e. The van der Waals surface area contributed by atoms with Gasteiger partial charge in [0.15, 0.2) is 0 Å². The van der Waals surface area contributed by atoms with Gasteiger partial charge < -0.3 is 5.73 Å². The third-order valence-corrected chi connectivity index (χ3v) is 5.48. The van der Waals surface area contributed by atoms with Crippen LogP contribution in [0.3, 0.4) is 0 Å². The molecule has 1 aromatic rings. The fourth-order valence-electron chi connectivity index (χ4n) is 2.09. The Hall–Kier alpha value is -0.910. The van der Waals surface area contributed by atoms with Crippen molar-refractivity contribution in [2.24, 2.45) is 11.7 Å². The Kier molecular flexibility index (Phi) is 3.75. The van der Waals surface area contributed by atoms with Crippen LogP contribution in [0.4, 0.5) is 0 Å². The van der Waals surface area contributed by atoms with Gasteiger partial charge in [0.2, 0.25) is 10.0 Å². The topological polar surface area (TPSA) is 63.4 Å². The Balaban J connectivity index is 2.33. The van der Waals surface area contributed by atoms with E-state index in [-0.39, 0.29) is 0 Å². The summed E-state index contributed by atoms with van der Waals surface area (Å²) in [6.45, 7) is 2.80. The zero-order chi connectivity index (χ0) is 13.3. The highest BCUT2D eigenvalue weighted by Gasteiger charge is 2.30. The van der Waals surface area contributed by atoms with E-state index in [0.717, 1.165) is 24.0 Å². The van der Waals surface area contributed by atoms with Crippen molar-refractivity contribution in [1.82, 2.24) is 4.31 Å². The van der Waals surface area contributed by atoms with Crippen LogP contribution in [0, 0.1) is 12.8 Å². The Morgan fingerprint density at radius 2 is 2.06 bits per heavy atom. The van der Waals surface area contributed by atoms with Gasteiger partial charge in [-0.3, -0.25) is 0 Å². The minimum atomic E-state index is -3.38. The molecule has 0 bridgehead atoms. The molecule has 0 unspecified atom stereocenters. The summed E-state index contributed by atoms with van der Waals surface area (Å²) in [5.41, 5.74) is 7.27. The van der Waals surface area contributed by atoms with Crippen molar-refractivity contribution in [3.05, 3.63) is 29.3 Å². The molecule has 1 fully saturated rings. The van der Waals surface area contributed by atoms with E-state index in [1.165, 1.54) is 4.31 Å². The number of nitrogens with two attached hydrogens (primary N) is 1. The minimum Gasteiger partial charge on any atom is -0.326 e. The zero-order valence-electron chi connectivity index (χ0n) is 10.9. The number of sulfonamides is 1.